The Morgan fingerprint density at radius 1 is 0.806 bits per heavy atom. The van der Waals surface area contributed by atoms with Crippen molar-refractivity contribution in [3.63, 3.8) is 0 Å². The Morgan fingerprint density at radius 2 is 1.28 bits per heavy atom. The van der Waals surface area contributed by atoms with Crippen LogP contribution < -0.4 is 0 Å². The second kappa shape index (κ2) is 16.3. The van der Waals surface area contributed by atoms with Crippen LogP contribution in [-0.2, 0) is 37.5 Å². The highest BCUT2D eigenvalue weighted by molar-refractivity contribution is 7.46. The summed E-state index contributed by atoms with van der Waals surface area (Å²) >= 11 is 0. The van der Waals surface area contributed by atoms with Crippen molar-refractivity contribution in [3.8, 4) is 0 Å². The van der Waals surface area contributed by atoms with Crippen molar-refractivity contribution in [2.75, 3.05) is 12.3 Å². The summed E-state index contributed by atoms with van der Waals surface area (Å²) in [5.41, 5.74) is 0. The van der Waals surface area contributed by atoms with Crippen LogP contribution in [0.4, 0.5) is 0 Å². The fraction of sp³-hybridized carbons (Fsp3) is 0.923. The maximum atomic E-state index is 13.1. The van der Waals surface area contributed by atoms with Gasteiger partial charge in [0.1, 0.15) is 25.4 Å². The largest absolute Gasteiger partial charge is 0.460 e. The Bertz CT molecular complexity index is 733. The summed E-state index contributed by atoms with van der Waals surface area (Å²) in [7, 11) is -4.56. The van der Waals surface area contributed by atoms with Crippen molar-refractivity contribution < 1.29 is 37.5 Å². The van der Waals surface area contributed by atoms with Gasteiger partial charge in [-0.25, -0.2) is 9.59 Å². The van der Waals surface area contributed by atoms with Gasteiger partial charge >= 0.3 is 11.9 Å². The molecule has 0 saturated heterocycles. The number of rotatable bonds is 15. The fourth-order valence-corrected chi connectivity index (χ4v) is 7.74. The third kappa shape index (κ3) is 11.0. The standard InChI is InChI=1S/C26H48O8P2/c1-5-26(4,33-20(2)24(27)31-22-14-8-6-9-15-22)35(29)18-12-13-19-36(30)34-21(3)25(28)32-23-16-10-7-11-17-23/h20-23,35-36H,5-19H2,1-4H3. The highest BCUT2D eigenvalue weighted by Gasteiger charge is 2.35. The smallest absolute Gasteiger partial charge is 0.335 e. The molecule has 2 aliphatic carbocycles. The molecule has 0 N–H and O–H groups in total. The maximum Gasteiger partial charge on any atom is 0.335 e. The number of ether oxygens (including phenoxy) is 3. The lowest BCUT2D eigenvalue weighted by Crippen LogP contribution is -2.36. The Labute approximate surface area is 218 Å². The molecular formula is C26H48O8P2. The van der Waals surface area contributed by atoms with Crippen LogP contribution in [0.5, 0.6) is 0 Å². The molecule has 0 aromatic heterocycles. The van der Waals surface area contributed by atoms with Crippen LogP contribution in [0.15, 0.2) is 0 Å². The predicted octanol–water partition coefficient (Wildman–Crippen LogP) is 6.49. The summed E-state index contributed by atoms with van der Waals surface area (Å²) in [5, 5.41) is -0.894. The molecule has 0 aromatic rings. The van der Waals surface area contributed by atoms with Crippen molar-refractivity contribution in [1.29, 1.82) is 0 Å². The molecule has 2 rings (SSSR count). The van der Waals surface area contributed by atoms with Crippen LogP contribution in [0.1, 0.15) is 111 Å². The van der Waals surface area contributed by atoms with E-state index in [0.717, 1.165) is 51.4 Å². The van der Waals surface area contributed by atoms with Gasteiger partial charge < -0.3 is 23.3 Å². The SMILES string of the molecule is CCC(C)(OC(C)C(=O)OC1CCCCC1)[PH](=O)CCCC[PH](=O)OC(C)C(=O)OC1CCCCC1. The number of hydrogen-bond acceptors (Lipinski definition) is 8. The van der Waals surface area contributed by atoms with Crippen molar-refractivity contribution in [2.45, 2.75) is 141 Å². The second-order valence-electron chi connectivity index (χ2n) is 10.5. The van der Waals surface area contributed by atoms with Gasteiger partial charge in [-0.05, 0) is 91.4 Å². The first-order valence-electron chi connectivity index (χ1n) is 14.0. The maximum absolute atomic E-state index is 13.1. The molecule has 0 spiro atoms. The summed E-state index contributed by atoms with van der Waals surface area (Å²) in [6.45, 7) is 6.95. The molecule has 10 heteroatoms. The highest BCUT2D eigenvalue weighted by Crippen LogP contribution is 2.44. The zero-order chi connectivity index (χ0) is 26.6. The summed E-state index contributed by atoms with van der Waals surface area (Å²) in [4.78, 5) is 24.7. The van der Waals surface area contributed by atoms with E-state index >= 15 is 0 Å². The molecular weight excluding hydrogens is 502 g/mol. The first-order valence-corrected chi connectivity index (χ1v) is 17.1. The summed E-state index contributed by atoms with van der Waals surface area (Å²) < 4.78 is 47.9. The molecule has 2 saturated carbocycles. The molecule has 0 aliphatic heterocycles. The first kappa shape index (κ1) is 31.5. The van der Waals surface area contributed by atoms with E-state index in [-0.39, 0.29) is 18.2 Å². The molecule has 8 nitrogen and oxygen atoms in total. The van der Waals surface area contributed by atoms with Crippen LogP contribution in [0.25, 0.3) is 0 Å². The van der Waals surface area contributed by atoms with Crippen LogP contribution in [0, 0.1) is 0 Å². The molecule has 0 heterocycles. The highest BCUT2D eigenvalue weighted by atomic mass is 31.1. The van der Waals surface area contributed by atoms with Gasteiger partial charge in [0.15, 0.2) is 20.2 Å². The van der Waals surface area contributed by atoms with Crippen LogP contribution in [0.2, 0.25) is 0 Å². The number of hydrogen-bond donors (Lipinski definition) is 0. The number of carbonyl (C=O) groups excluding carboxylic acids is 2. The van der Waals surface area contributed by atoms with E-state index in [0.29, 0.717) is 31.6 Å². The third-order valence-corrected chi connectivity index (χ3v) is 11.2. The van der Waals surface area contributed by atoms with E-state index in [4.69, 9.17) is 18.7 Å². The van der Waals surface area contributed by atoms with Gasteiger partial charge in [0.25, 0.3) is 0 Å². The molecule has 0 amide bonds. The summed E-state index contributed by atoms with van der Waals surface area (Å²) in [6.07, 6.45) is 11.0. The monoisotopic (exact) mass is 550 g/mol. The van der Waals surface area contributed by atoms with Gasteiger partial charge in [0.05, 0.1) is 0 Å². The van der Waals surface area contributed by atoms with E-state index in [1.807, 2.05) is 6.92 Å². The van der Waals surface area contributed by atoms with Crippen molar-refractivity contribution >= 4 is 27.8 Å². The van der Waals surface area contributed by atoms with Crippen molar-refractivity contribution in [1.82, 2.24) is 0 Å². The molecule has 36 heavy (non-hydrogen) atoms. The van der Waals surface area contributed by atoms with Gasteiger partial charge in [0, 0.05) is 12.3 Å². The van der Waals surface area contributed by atoms with Gasteiger partial charge in [-0.1, -0.05) is 19.8 Å². The quantitative estimate of drug-likeness (QED) is 0.129. The van der Waals surface area contributed by atoms with Gasteiger partial charge in [-0.2, -0.15) is 0 Å². The molecule has 5 unspecified atom stereocenters. The lowest BCUT2D eigenvalue weighted by atomic mass is 9.98. The van der Waals surface area contributed by atoms with Gasteiger partial charge in [-0.3, -0.25) is 4.57 Å². The number of esters is 2. The molecule has 0 radical (unpaired) electrons. The van der Waals surface area contributed by atoms with E-state index < -0.39 is 39.3 Å². The topological polar surface area (TPSA) is 105 Å². The zero-order valence-corrected chi connectivity index (χ0v) is 24.7. The average Bonchev–Trinajstić information content (AvgIpc) is 2.87. The normalized spacial score (nSPS) is 22.7. The van der Waals surface area contributed by atoms with Crippen LogP contribution in [-0.4, -0.2) is 54.0 Å². The molecule has 5 atom stereocenters. The summed E-state index contributed by atoms with van der Waals surface area (Å²) in [6, 6.07) is 0. The van der Waals surface area contributed by atoms with Crippen LogP contribution >= 0.6 is 15.8 Å². The lowest BCUT2D eigenvalue weighted by molar-refractivity contribution is -0.168. The first-order chi connectivity index (χ1) is 17.1. The Hall–Kier alpha value is -0.680. The lowest BCUT2D eigenvalue weighted by Gasteiger charge is -2.32. The minimum atomic E-state index is -2.39. The van der Waals surface area contributed by atoms with Crippen LogP contribution in [0.3, 0.4) is 0 Å². The Balaban J connectivity index is 1.67. The van der Waals surface area contributed by atoms with E-state index in [9.17, 15) is 18.7 Å². The van der Waals surface area contributed by atoms with Crippen molar-refractivity contribution in [3.05, 3.63) is 0 Å². The van der Waals surface area contributed by atoms with E-state index in [1.54, 1.807) is 20.8 Å². The summed E-state index contributed by atoms with van der Waals surface area (Å²) in [5.74, 6) is -0.833. The molecule has 2 aliphatic rings. The molecule has 210 valence electrons. The number of carbonyl (C=O) groups is 2. The fourth-order valence-electron chi connectivity index (χ4n) is 4.79. The minimum absolute atomic E-state index is 0.0376. The average molecular weight is 551 g/mol. The molecule has 0 aromatic carbocycles. The predicted molar refractivity (Wildman–Crippen MR) is 143 cm³/mol. The Kier molecular flexibility index (Phi) is 14.3. The Morgan fingerprint density at radius 3 is 1.78 bits per heavy atom. The van der Waals surface area contributed by atoms with E-state index in [1.165, 1.54) is 12.8 Å². The van der Waals surface area contributed by atoms with Gasteiger partial charge in [-0.15, -0.1) is 0 Å². The molecule has 2 fully saturated rings. The van der Waals surface area contributed by atoms with Gasteiger partial charge in [0.2, 0.25) is 0 Å². The third-order valence-electron chi connectivity index (χ3n) is 7.38. The van der Waals surface area contributed by atoms with Crippen molar-refractivity contribution in [2.24, 2.45) is 0 Å². The van der Waals surface area contributed by atoms with E-state index in [2.05, 4.69) is 0 Å². The zero-order valence-electron chi connectivity index (χ0n) is 22.7. The second-order valence-corrected chi connectivity index (χ2v) is 14.4. The molecule has 0 bridgehead atoms. The number of unbranched alkanes of at least 4 members (excludes halogenated alkanes) is 1. The minimum Gasteiger partial charge on any atom is -0.460 e.